The van der Waals surface area contributed by atoms with Gasteiger partial charge in [-0.2, -0.15) is 0 Å². The number of benzene rings is 1. The number of aromatic nitrogens is 2. The van der Waals surface area contributed by atoms with E-state index in [0.717, 1.165) is 11.1 Å². The second kappa shape index (κ2) is 8.13. The lowest BCUT2D eigenvalue weighted by molar-refractivity contribution is -0.126. The number of hydrogen-bond acceptors (Lipinski definition) is 5. The van der Waals surface area contributed by atoms with E-state index < -0.39 is 5.91 Å². The van der Waals surface area contributed by atoms with E-state index in [9.17, 15) is 14.4 Å². The number of carbonyl (C=O) groups excluding carboxylic acids is 2. The van der Waals surface area contributed by atoms with Gasteiger partial charge in [0.1, 0.15) is 11.4 Å². The van der Waals surface area contributed by atoms with Gasteiger partial charge in [-0.3, -0.25) is 19.0 Å². The van der Waals surface area contributed by atoms with Gasteiger partial charge in [0.25, 0.3) is 5.56 Å². The van der Waals surface area contributed by atoms with Gasteiger partial charge in [-0.25, -0.2) is 4.98 Å². The van der Waals surface area contributed by atoms with Crippen molar-refractivity contribution in [2.24, 2.45) is 0 Å². The SMILES string of the molecule is CC(C)NC(=O)CNC(=O)Cn1cnc2scc(-c3ccccc3)c2c1=O. The van der Waals surface area contributed by atoms with E-state index in [-0.39, 0.29) is 30.6 Å². The Kier molecular flexibility index (Phi) is 5.66. The van der Waals surface area contributed by atoms with Crippen molar-refractivity contribution in [3.05, 3.63) is 52.4 Å². The third kappa shape index (κ3) is 4.40. The maximum Gasteiger partial charge on any atom is 0.263 e. The molecule has 0 saturated carbocycles. The molecule has 0 radical (unpaired) electrons. The summed E-state index contributed by atoms with van der Waals surface area (Å²) < 4.78 is 1.26. The molecule has 8 heteroatoms. The molecule has 3 aromatic rings. The van der Waals surface area contributed by atoms with Gasteiger partial charge in [-0.15, -0.1) is 11.3 Å². The van der Waals surface area contributed by atoms with Crippen LogP contribution >= 0.6 is 11.3 Å². The summed E-state index contributed by atoms with van der Waals surface area (Å²) in [5.74, 6) is -0.697. The number of nitrogens with one attached hydrogen (secondary N) is 2. The van der Waals surface area contributed by atoms with Gasteiger partial charge in [-0.1, -0.05) is 30.3 Å². The maximum absolute atomic E-state index is 12.9. The number of fused-ring (bicyclic) bond motifs is 1. The molecule has 27 heavy (non-hydrogen) atoms. The van der Waals surface area contributed by atoms with Crippen LogP contribution in [0.5, 0.6) is 0 Å². The molecule has 140 valence electrons. The van der Waals surface area contributed by atoms with Crippen molar-refractivity contribution >= 4 is 33.4 Å². The van der Waals surface area contributed by atoms with Gasteiger partial charge >= 0.3 is 0 Å². The standard InChI is InChI=1S/C19H20N4O3S/c1-12(2)22-15(24)8-20-16(25)9-23-11-21-18-17(19(23)26)14(10-27-18)13-6-4-3-5-7-13/h3-7,10-12H,8-9H2,1-2H3,(H,20,25)(H,22,24). The van der Waals surface area contributed by atoms with Crippen molar-refractivity contribution in [3.8, 4) is 11.1 Å². The van der Waals surface area contributed by atoms with Gasteiger partial charge in [0, 0.05) is 17.0 Å². The van der Waals surface area contributed by atoms with Gasteiger partial charge in [-0.05, 0) is 19.4 Å². The molecule has 0 aliphatic carbocycles. The minimum Gasteiger partial charge on any atom is -0.352 e. The number of hydrogen-bond donors (Lipinski definition) is 2. The summed E-state index contributed by atoms with van der Waals surface area (Å²) in [5, 5.41) is 7.60. The monoisotopic (exact) mass is 384 g/mol. The minimum atomic E-state index is -0.423. The first kappa shape index (κ1) is 18.8. The third-order valence-corrected chi connectivity index (χ3v) is 4.74. The number of amides is 2. The number of rotatable bonds is 6. The van der Waals surface area contributed by atoms with Crippen LogP contribution in [0.1, 0.15) is 13.8 Å². The van der Waals surface area contributed by atoms with Crippen LogP contribution in [0.25, 0.3) is 21.3 Å². The highest BCUT2D eigenvalue weighted by molar-refractivity contribution is 7.17. The summed E-state index contributed by atoms with van der Waals surface area (Å²) in [6.07, 6.45) is 1.36. The molecule has 0 fully saturated rings. The van der Waals surface area contributed by atoms with Crippen molar-refractivity contribution in [1.82, 2.24) is 20.2 Å². The summed E-state index contributed by atoms with van der Waals surface area (Å²) in [6.45, 7) is 3.35. The average molecular weight is 384 g/mol. The first-order valence-electron chi connectivity index (χ1n) is 8.54. The van der Waals surface area contributed by atoms with Crippen molar-refractivity contribution in [1.29, 1.82) is 0 Å². The zero-order chi connectivity index (χ0) is 19.4. The smallest absolute Gasteiger partial charge is 0.263 e. The zero-order valence-electron chi connectivity index (χ0n) is 15.1. The molecular weight excluding hydrogens is 364 g/mol. The van der Waals surface area contributed by atoms with Gasteiger partial charge in [0.05, 0.1) is 18.3 Å². The van der Waals surface area contributed by atoms with Crippen molar-refractivity contribution in [3.63, 3.8) is 0 Å². The first-order valence-corrected chi connectivity index (χ1v) is 9.42. The summed E-state index contributed by atoms with van der Waals surface area (Å²) in [5.41, 5.74) is 1.45. The molecule has 2 aromatic heterocycles. The molecule has 0 atom stereocenters. The Morgan fingerprint density at radius 1 is 1.19 bits per heavy atom. The Morgan fingerprint density at radius 3 is 2.63 bits per heavy atom. The summed E-state index contributed by atoms with van der Waals surface area (Å²) in [7, 11) is 0. The second-order valence-electron chi connectivity index (χ2n) is 6.37. The first-order chi connectivity index (χ1) is 13.0. The average Bonchev–Trinajstić information content (AvgIpc) is 3.07. The lowest BCUT2D eigenvalue weighted by Gasteiger charge is -2.10. The minimum absolute atomic E-state index is 0.00127. The van der Waals surface area contributed by atoms with E-state index in [0.29, 0.717) is 10.2 Å². The lowest BCUT2D eigenvalue weighted by atomic mass is 10.1. The van der Waals surface area contributed by atoms with Crippen molar-refractivity contribution < 1.29 is 9.59 Å². The normalized spacial score (nSPS) is 10.9. The number of thiophene rings is 1. The van der Waals surface area contributed by atoms with E-state index in [1.165, 1.54) is 22.2 Å². The Morgan fingerprint density at radius 2 is 1.93 bits per heavy atom. The maximum atomic E-state index is 12.9. The van der Waals surface area contributed by atoms with E-state index in [4.69, 9.17) is 0 Å². The molecule has 0 unspecified atom stereocenters. The van der Waals surface area contributed by atoms with Gasteiger partial charge in [0.15, 0.2) is 0 Å². The number of carbonyl (C=O) groups is 2. The van der Waals surface area contributed by atoms with Crippen LogP contribution in [0.2, 0.25) is 0 Å². The van der Waals surface area contributed by atoms with E-state index >= 15 is 0 Å². The highest BCUT2D eigenvalue weighted by Crippen LogP contribution is 2.30. The highest BCUT2D eigenvalue weighted by Gasteiger charge is 2.15. The molecule has 0 aliphatic heterocycles. The van der Waals surface area contributed by atoms with Crippen molar-refractivity contribution in [2.75, 3.05) is 6.54 Å². The lowest BCUT2D eigenvalue weighted by Crippen LogP contribution is -2.41. The molecule has 3 rings (SSSR count). The Hall–Kier alpha value is -3.00. The van der Waals surface area contributed by atoms with Crippen LogP contribution in [0.4, 0.5) is 0 Å². The van der Waals surface area contributed by atoms with E-state index in [1.807, 2.05) is 49.6 Å². The van der Waals surface area contributed by atoms with Crippen molar-refractivity contribution in [2.45, 2.75) is 26.4 Å². The largest absolute Gasteiger partial charge is 0.352 e. The fraction of sp³-hybridized carbons (Fsp3) is 0.263. The molecule has 0 saturated heterocycles. The molecule has 2 N–H and O–H groups in total. The second-order valence-corrected chi connectivity index (χ2v) is 7.23. The Balaban J connectivity index is 1.80. The third-order valence-electron chi connectivity index (χ3n) is 3.86. The van der Waals surface area contributed by atoms with E-state index in [1.54, 1.807) is 0 Å². The molecule has 1 aromatic carbocycles. The van der Waals surface area contributed by atoms with Gasteiger partial charge in [0.2, 0.25) is 11.8 Å². The topological polar surface area (TPSA) is 93.1 Å². The summed E-state index contributed by atoms with van der Waals surface area (Å²) >= 11 is 1.39. The molecule has 7 nitrogen and oxygen atoms in total. The van der Waals surface area contributed by atoms with Gasteiger partial charge < -0.3 is 10.6 Å². The summed E-state index contributed by atoms with van der Waals surface area (Å²) in [4.78, 5) is 41.5. The predicted molar refractivity (Wildman–Crippen MR) is 106 cm³/mol. The van der Waals surface area contributed by atoms with Crippen LogP contribution < -0.4 is 16.2 Å². The van der Waals surface area contributed by atoms with Crippen LogP contribution in [0, 0.1) is 0 Å². The van der Waals surface area contributed by atoms with Crippen LogP contribution in [0.3, 0.4) is 0 Å². The highest BCUT2D eigenvalue weighted by atomic mass is 32.1. The molecule has 2 amide bonds. The summed E-state index contributed by atoms with van der Waals surface area (Å²) in [6, 6.07) is 9.58. The molecule has 0 aliphatic rings. The fourth-order valence-corrected chi connectivity index (χ4v) is 3.58. The van der Waals surface area contributed by atoms with E-state index in [2.05, 4.69) is 15.6 Å². The molecule has 0 bridgehead atoms. The zero-order valence-corrected chi connectivity index (χ0v) is 15.9. The van der Waals surface area contributed by atoms with Crippen LogP contribution in [-0.4, -0.2) is 34.0 Å². The van der Waals surface area contributed by atoms with Crippen LogP contribution in [-0.2, 0) is 16.1 Å². The fourth-order valence-electron chi connectivity index (χ4n) is 2.67. The quantitative estimate of drug-likeness (QED) is 0.677. The van der Waals surface area contributed by atoms with Crippen LogP contribution in [0.15, 0.2) is 46.8 Å². The number of nitrogens with zero attached hydrogens (tertiary/aromatic N) is 2. The Bertz CT molecular complexity index is 1020. The molecule has 2 heterocycles. The molecular formula is C19H20N4O3S. The molecule has 0 spiro atoms. The predicted octanol–water partition coefficient (Wildman–Crippen LogP) is 1.77. The Labute approximate surface area is 160 Å².